The number of hydrogen-bond acceptors (Lipinski definition) is 8. The molecule has 8 aliphatic rings. The molecule has 8 aliphatic carbocycles. The van der Waals surface area contributed by atoms with Crippen molar-refractivity contribution < 1.29 is 40.9 Å². The lowest BCUT2D eigenvalue weighted by atomic mass is 9.65. The minimum atomic E-state index is -0.191. The van der Waals surface area contributed by atoms with Crippen LogP contribution in [0.15, 0.2) is 98.2 Å². The first-order chi connectivity index (χ1) is 42.8. The van der Waals surface area contributed by atoms with Crippen molar-refractivity contribution in [2.75, 3.05) is 0 Å². The normalized spacial score (nSPS) is 37.2. The molecule has 8 fully saturated rings. The van der Waals surface area contributed by atoms with E-state index < -0.39 is 0 Å². The van der Waals surface area contributed by atoms with Gasteiger partial charge < -0.3 is 40.9 Å². The molecule has 8 rings (SSSR count). The van der Waals surface area contributed by atoms with Crippen molar-refractivity contribution in [2.24, 2.45) is 90.7 Å². The fourth-order valence-corrected chi connectivity index (χ4v) is 17.4. The van der Waals surface area contributed by atoms with Crippen LogP contribution in [0.25, 0.3) is 0 Å². The maximum absolute atomic E-state index is 10.0. The molecule has 0 aromatic carbocycles. The zero-order chi connectivity index (χ0) is 73.1. The molecule has 8 nitrogen and oxygen atoms in total. The van der Waals surface area contributed by atoms with E-state index in [1.807, 2.05) is 39.8 Å². The number of rotatable bonds is 8. The summed E-state index contributed by atoms with van der Waals surface area (Å²) in [6.45, 7) is 79.0. The molecule has 548 valence electrons. The molecule has 94 heavy (non-hydrogen) atoms. The second-order valence-corrected chi connectivity index (χ2v) is 37.1. The Morgan fingerprint density at radius 2 is 0.862 bits per heavy atom. The van der Waals surface area contributed by atoms with Gasteiger partial charge >= 0.3 is 0 Å². The molecule has 18 unspecified atom stereocenters. The van der Waals surface area contributed by atoms with E-state index in [2.05, 4.69) is 177 Å². The van der Waals surface area contributed by atoms with Crippen LogP contribution in [0.4, 0.5) is 0 Å². The van der Waals surface area contributed by atoms with Crippen LogP contribution in [0.2, 0.25) is 0 Å². The molecule has 0 radical (unpaired) electrons. The van der Waals surface area contributed by atoms with Crippen molar-refractivity contribution in [3.63, 3.8) is 0 Å². The van der Waals surface area contributed by atoms with E-state index in [9.17, 15) is 40.9 Å². The summed E-state index contributed by atoms with van der Waals surface area (Å²) in [4.78, 5) is 0. The van der Waals surface area contributed by atoms with Crippen LogP contribution in [-0.4, -0.2) is 89.7 Å². The van der Waals surface area contributed by atoms with Crippen molar-refractivity contribution in [3.05, 3.63) is 98.2 Å². The van der Waals surface area contributed by atoms with E-state index in [0.29, 0.717) is 63.6 Å². The Kier molecular flexibility index (Phi) is 36.6. The molecule has 0 heterocycles. The Morgan fingerprint density at radius 3 is 1.28 bits per heavy atom. The van der Waals surface area contributed by atoms with Gasteiger partial charge in [-0.2, -0.15) is 0 Å². The first-order valence-corrected chi connectivity index (χ1v) is 37.4. The standard InChI is InChI=1S/6C11H20O.2C10H18O/c1-8(2)9-7-11(3,4)6-5-10(9)12;1-8(2)9-5-6-11(3,4)7-10(9)12;1-8(2)10-7-9(12)5-6-11(10,3)4;1-8(2)10-9(12)6-5-7-11(10,3)4;1-8(2)9-6-5-7-11(3,4)10(9)12;1-8(2)9-6-5-7-10(12)11(9,3)4;1-4-10(3)6-5-9(11)8(2)7-10;1-4-10(3)6-5-9(11)7-8(10)2/h6*9-10,12H,1,5-7H2,2-4H3;2*4,8-9,11H,1,5-7H2,2-3H3. The molecule has 0 aliphatic heterocycles. The summed E-state index contributed by atoms with van der Waals surface area (Å²) in [7, 11) is 0. The van der Waals surface area contributed by atoms with Crippen LogP contribution < -0.4 is 0 Å². The lowest BCUT2D eigenvalue weighted by molar-refractivity contribution is -0.0191. The molecule has 8 N–H and O–H groups in total. The largest absolute Gasteiger partial charge is 0.393 e. The summed E-state index contributed by atoms with van der Waals surface area (Å²) in [5, 5.41) is 77.5. The third-order valence-corrected chi connectivity index (χ3v) is 24.9. The molecule has 0 bridgehead atoms. The van der Waals surface area contributed by atoms with Crippen LogP contribution in [0.3, 0.4) is 0 Å². The van der Waals surface area contributed by atoms with Crippen molar-refractivity contribution in [3.8, 4) is 0 Å². The quantitative estimate of drug-likeness (QED) is 0.111. The molecule has 18 atom stereocenters. The van der Waals surface area contributed by atoms with E-state index in [4.69, 9.17) is 0 Å². The molecule has 0 amide bonds. The topological polar surface area (TPSA) is 162 Å². The molecule has 0 aromatic heterocycles. The van der Waals surface area contributed by atoms with E-state index in [-0.39, 0.29) is 75.9 Å². The van der Waals surface area contributed by atoms with E-state index in [1.165, 1.54) is 36.8 Å². The highest BCUT2D eigenvalue weighted by Crippen LogP contribution is 2.49. The zero-order valence-corrected chi connectivity index (χ0v) is 65.6. The highest BCUT2D eigenvalue weighted by Gasteiger charge is 2.43. The van der Waals surface area contributed by atoms with Gasteiger partial charge in [-0.1, -0.05) is 215 Å². The van der Waals surface area contributed by atoms with Gasteiger partial charge in [-0.25, -0.2) is 0 Å². The van der Waals surface area contributed by atoms with Gasteiger partial charge in [0.2, 0.25) is 0 Å². The summed E-state index contributed by atoms with van der Waals surface area (Å²) < 4.78 is 0. The second kappa shape index (κ2) is 38.4. The number of aliphatic hydroxyl groups excluding tert-OH is 8. The summed E-state index contributed by atoms with van der Waals surface area (Å²) in [5.74, 6) is 3.31. The Bertz CT molecular complexity index is 2340. The summed E-state index contributed by atoms with van der Waals surface area (Å²) in [6, 6.07) is 0. The van der Waals surface area contributed by atoms with Gasteiger partial charge in [0.15, 0.2) is 0 Å². The lowest BCUT2D eigenvalue weighted by Gasteiger charge is -2.43. The van der Waals surface area contributed by atoms with Crippen LogP contribution in [-0.2, 0) is 0 Å². The van der Waals surface area contributed by atoms with Crippen LogP contribution in [0, 0.1) is 90.7 Å². The molecule has 0 aromatic rings. The predicted molar refractivity (Wildman–Crippen MR) is 406 cm³/mol. The average Bonchev–Trinajstić information content (AvgIpc) is 0.828. The number of allylic oxidation sites excluding steroid dienone is 4. The van der Waals surface area contributed by atoms with Crippen molar-refractivity contribution in [1.29, 1.82) is 0 Å². The maximum atomic E-state index is 10.0. The third kappa shape index (κ3) is 28.7. The van der Waals surface area contributed by atoms with Gasteiger partial charge in [-0.15, -0.1) is 13.2 Å². The fraction of sp³-hybridized carbons (Fsp3) is 0.814. The lowest BCUT2D eigenvalue weighted by Crippen LogP contribution is -2.40. The summed E-state index contributed by atoms with van der Waals surface area (Å²) >= 11 is 0. The predicted octanol–water partition coefficient (Wildman–Crippen LogP) is 21.2. The SMILES string of the molecule is C=C(C)C1C(O)CCCC1(C)C.C=C(C)C1CC(C)(C)CCC1O.C=C(C)C1CC(O)CCC1(C)C.C=C(C)C1CCC(C)(C)CC1O.C=C(C)C1CCCC(C)(C)C1O.C=C(C)C1CCCC(O)C1(C)C.C=CC1(C)CCC(O)C(C)C1.C=CC1(C)CCC(O)CC1C. The van der Waals surface area contributed by atoms with Crippen molar-refractivity contribution >= 4 is 0 Å². The highest BCUT2D eigenvalue weighted by molar-refractivity contribution is 5.10. The Labute approximate surface area is 582 Å². The highest BCUT2D eigenvalue weighted by atomic mass is 16.3. The average molecular weight is 1320 g/mol. The minimum absolute atomic E-state index is 0.0318. The second-order valence-electron chi connectivity index (χ2n) is 37.1. The van der Waals surface area contributed by atoms with Crippen molar-refractivity contribution in [2.45, 2.75) is 355 Å². The van der Waals surface area contributed by atoms with Gasteiger partial charge in [0.05, 0.1) is 48.8 Å². The maximum Gasteiger partial charge on any atom is 0.0656 e. The van der Waals surface area contributed by atoms with Gasteiger partial charge in [-0.3, -0.25) is 0 Å². The molecule has 0 saturated heterocycles. The molecule has 8 heteroatoms. The van der Waals surface area contributed by atoms with E-state index >= 15 is 0 Å². The van der Waals surface area contributed by atoms with Crippen molar-refractivity contribution in [1.82, 2.24) is 0 Å². The minimum Gasteiger partial charge on any atom is -0.393 e. The molecule has 0 spiro atoms. The Balaban J connectivity index is 0.000000537. The molecular weight excluding hydrogens is 1160 g/mol. The molecular formula is C86H156O8. The third-order valence-electron chi connectivity index (χ3n) is 24.9. The fourth-order valence-electron chi connectivity index (χ4n) is 17.4. The van der Waals surface area contributed by atoms with Crippen LogP contribution in [0.1, 0.15) is 306 Å². The number of hydrogen-bond donors (Lipinski definition) is 8. The van der Waals surface area contributed by atoms with Crippen LogP contribution in [0.5, 0.6) is 0 Å². The number of aliphatic hydroxyl groups is 8. The Morgan fingerprint density at radius 1 is 0.372 bits per heavy atom. The van der Waals surface area contributed by atoms with Crippen LogP contribution >= 0.6 is 0 Å². The first kappa shape index (κ1) is 89.6. The molecule has 8 saturated carbocycles. The summed E-state index contributed by atoms with van der Waals surface area (Å²) in [5.41, 5.74) is 8.93. The Hall–Kier alpha value is -2.40. The van der Waals surface area contributed by atoms with Gasteiger partial charge in [0.1, 0.15) is 0 Å². The monoisotopic (exact) mass is 1320 g/mol. The van der Waals surface area contributed by atoms with Gasteiger partial charge in [-0.05, 0) is 243 Å². The zero-order valence-electron chi connectivity index (χ0n) is 65.6. The smallest absolute Gasteiger partial charge is 0.0656 e. The summed E-state index contributed by atoms with van der Waals surface area (Å²) in [6.07, 6.45) is 28.5. The van der Waals surface area contributed by atoms with Gasteiger partial charge in [0.25, 0.3) is 0 Å². The first-order valence-electron chi connectivity index (χ1n) is 37.4. The van der Waals surface area contributed by atoms with E-state index in [0.717, 1.165) is 151 Å². The van der Waals surface area contributed by atoms with E-state index in [1.54, 1.807) is 0 Å². The van der Waals surface area contributed by atoms with Gasteiger partial charge in [0, 0.05) is 23.7 Å².